The van der Waals surface area contributed by atoms with Crippen LogP contribution in [-0.2, 0) is 7.05 Å². The van der Waals surface area contributed by atoms with Crippen molar-refractivity contribution >= 4 is 16.9 Å². The molecule has 1 N–H and O–H groups in total. The second-order valence-electron chi connectivity index (χ2n) is 6.32. The van der Waals surface area contributed by atoms with Crippen molar-refractivity contribution in [1.82, 2.24) is 24.8 Å². The lowest BCUT2D eigenvalue weighted by molar-refractivity contribution is 0.0936. The first kappa shape index (κ1) is 17.7. The Hall–Kier alpha value is -3.74. The van der Waals surface area contributed by atoms with Crippen LogP contribution in [0.4, 0.5) is 0 Å². The van der Waals surface area contributed by atoms with Gasteiger partial charge in [0.25, 0.3) is 5.91 Å². The summed E-state index contributed by atoms with van der Waals surface area (Å²) in [5, 5.41) is 3.03. The molecule has 4 rings (SSSR count). The number of hydrogen-bond donors (Lipinski definition) is 1. The van der Waals surface area contributed by atoms with Crippen LogP contribution < -0.4 is 10.1 Å². The fourth-order valence-corrected chi connectivity index (χ4v) is 3.04. The van der Waals surface area contributed by atoms with Crippen LogP contribution in [0.3, 0.4) is 0 Å². The SMILES string of the molecule is COc1cccc(C(NC(=O)c2cnc3ccccc3n2)c2nccn2C)c1. The number of nitrogens with zero attached hydrogens (tertiary/aromatic N) is 4. The lowest BCUT2D eigenvalue weighted by atomic mass is 10.1. The van der Waals surface area contributed by atoms with Crippen molar-refractivity contribution in [3.05, 3.63) is 84.2 Å². The Morgan fingerprint density at radius 3 is 2.68 bits per heavy atom. The predicted octanol–water partition coefficient (Wildman–Crippen LogP) is 2.89. The Morgan fingerprint density at radius 1 is 1.11 bits per heavy atom. The van der Waals surface area contributed by atoms with Crippen molar-refractivity contribution < 1.29 is 9.53 Å². The smallest absolute Gasteiger partial charge is 0.272 e. The van der Waals surface area contributed by atoms with E-state index in [-0.39, 0.29) is 11.6 Å². The highest BCUT2D eigenvalue weighted by Crippen LogP contribution is 2.24. The molecule has 0 aliphatic carbocycles. The number of nitrogens with one attached hydrogen (secondary N) is 1. The molecule has 0 bridgehead atoms. The van der Waals surface area contributed by atoms with Gasteiger partial charge in [0.1, 0.15) is 23.3 Å². The fourth-order valence-electron chi connectivity index (χ4n) is 3.04. The molecule has 0 spiro atoms. The maximum Gasteiger partial charge on any atom is 0.272 e. The zero-order valence-electron chi connectivity index (χ0n) is 15.5. The number of methoxy groups -OCH3 is 1. The van der Waals surface area contributed by atoms with E-state index in [1.807, 2.05) is 66.3 Å². The van der Waals surface area contributed by atoms with Gasteiger partial charge in [0.2, 0.25) is 0 Å². The van der Waals surface area contributed by atoms with Crippen LogP contribution in [0.1, 0.15) is 27.9 Å². The van der Waals surface area contributed by atoms with Crippen molar-refractivity contribution in [2.75, 3.05) is 7.11 Å². The Bertz CT molecular complexity index is 1140. The number of aryl methyl sites for hydroxylation is 1. The molecular formula is C21H19N5O2. The van der Waals surface area contributed by atoms with Gasteiger partial charge in [-0.1, -0.05) is 24.3 Å². The van der Waals surface area contributed by atoms with Gasteiger partial charge in [-0.2, -0.15) is 0 Å². The van der Waals surface area contributed by atoms with Crippen molar-refractivity contribution in [2.45, 2.75) is 6.04 Å². The summed E-state index contributed by atoms with van der Waals surface area (Å²) in [4.78, 5) is 26.1. The van der Waals surface area contributed by atoms with E-state index in [1.54, 1.807) is 13.3 Å². The highest BCUT2D eigenvalue weighted by atomic mass is 16.5. The number of rotatable bonds is 5. The highest BCUT2D eigenvalue weighted by molar-refractivity contribution is 5.94. The summed E-state index contributed by atoms with van der Waals surface area (Å²) in [5.41, 5.74) is 2.52. The van der Waals surface area contributed by atoms with Gasteiger partial charge < -0.3 is 14.6 Å². The van der Waals surface area contributed by atoms with Crippen LogP contribution in [0.2, 0.25) is 0 Å². The molecule has 140 valence electrons. The number of imidazole rings is 1. The van der Waals surface area contributed by atoms with Gasteiger partial charge in [-0.25, -0.2) is 9.97 Å². The lowest BCUT2D eigenvalue weighted by Crippen LogP contribution is -2.31. The minimum Gasteiger partial charge on any atom is -0.497 e. The summed E-state index contributed by atoms with van der Waals surface area (Å²) in [6.45, 7) is 0. The third-order valence-corrected chi connectivity index (χ3v) is 4.50. The van der Waals surface area contributed by atoms with Gasteiger partial charge >= 0.3 is 0 Å². The zero-order valence-corrected chi connectivity index (χ0v) is 15.5. The quantitative estimate of drug-likeness (QED) is 0.582. The standard InChI is InChI=1S/C21H19N5O2/c1-26-11-10-22-20(26)19(14-6-5-7-15(12-14)28-2)25-21(27)18-13-23-16-8-3-4-9-17(16)24-18/h3-13,19H,1-2H3,(H,25,27). The lowest BCUT2D eigenvalue weighted by Gasteiger charge is -2.19. The number of carbonyl (C=O) groups excluding carboxylic acids is 1. The minimum atomic E-state index is -0.462. The number of carbonyl (C=O) groups is 1. The number of benzene rings is 2. The third-order valence-electron chi connectivity index (χ3n) is 4.50. The molecule has 0 aliphatic heterocycles. The fraction of sp³-hybridized carbons (Fsp3) is 0.143. The van der Waals surface area contributed by atoms with Gasteiger partial charge in [0.05, 0.1) is 24.3 Å². The van der Waals surface area contributed by atoms with E-state index in [0.29, 0.717) is 17.1 Å². The Kier molecular flexibility index (Phi) is 4.72. The Balaban J connectivity index is 1.70. The molecule has 1 atom stereocenters. The van der Waals surface area contributed by atoms with Crippen LogP contribution in [0.25, 0.3) is 11.0 Å². The number of para-hydroxylation sites is 2. The van der Waals surface area contributed by atoms with Gasteiger partial charge in [0.15, 0.2) is 0 Å². The maximum atomic E-state index is 13.0. The number of ether oxygens (including phenoxy) is 1. The van der Waals surface area contributed by atoms with Crippen molar-refractivity contribution in [3.8, 4) is 5.75 Å². The van der Waals surface area contributed by atoms with Crippen LogP contribution in [0.15, 0.2) is 67.1 Å². The maximum absolute atomic E-state index is 13.0. The highest BCUT2D eigenvalue weighted by Gasteiger charge is 2.23. The molecule has 0 fully saturated rings. The molecular weight excluding hydrogens is 354 g/mol. The number of fused-ring (bicyclic) bond motifs is 1. The molecule has 2 aromatic heterocycles. The van der Waals surface area contributed by atoms with Crippen LogP contribution >= 0.6 is 0 Å². The normalized spacial score (nSPS) is 11.9. The molecule has 28 heavy (non-hydrogen) atoms. The second kappa shape index (κ2) is 7.48. The average Bonchev–Trinajstić information content (AvgIpc) is 3.17. The summed E-state index contributed by atoms with van der Waals surface area (Å²) in [5.74, 6) is 1.08. The molecule has 0 saturated heterocycles. The van der Waals surface area contributed by atoms with E-state index in [1.165, 1.54) is 6.20 Å². The molecule has 4 aromatic rings. The molecule has 7 nitrogen and oxygen atoms in total. The van der Waals surface area contributed by atoms with E-state index in [2.05, 4.69) is 20.3 Å². The van der Waals surface area contributed by atoms with Crippen LogP contribution in [-0.4, -0.2) is 32.5 Å². The number of hydrogen-bond acceptors (Lipinski definition) is 5. The van der Waals surface area contributed by atoms with Crippen LogP contribution in [0.5, 0.6) is 5.75 Å². The number of amides is 1. The van der Waals surface area contributed by atoms with Crippen molar-refractivity contribution in [3.63, 3.8) is 0 Å². The van der Waals surface area contributed by atoms with Gasteiger partial charge in [-0.15, -0.1) is 0 Å². The summed E-state index contributed by atoms with van der Waals surface area (Å²) in [6, 6.07) is 14.5. The largest absolute Gasteiger partial charge is 0.497 e. The minimum absolute atomic E-state index is 0.251. The molecule has 2 aromatic carbocycles. The third kappa shape index (κ3) is 3.42. The van der Waals surface area contributed by atoms with E-state index in [9.17, 15) is 4.79 Å². The molecule has 0 radical (unpaired) electrons. The molecule has 2 heterocycles. The molecule has 0 aliphatic rings. The van der Waals surface area contributed by atoms with E-state index in [4.69, 9.17) is 4.74 Å². The summed E-state index contributed by atoms with van der Waals surface area (Å²) >= 11 is 0. The van der Waals surface area contributed by atoms with E-state index in [0.717, 1.165) is 11.1 Å². The molecule has 0 saturated carbocycles. The van der Waals surface area contributed by atoms with Crippen LogP contribution in [0, 0.1) is 0 Å². The first-order valence-electron chi connectivity index (χ1n) is 8.79. The van der Waals surface area contributed by atoms with Gasteiger partial charge in [-0.05, 0) is 29.8 Å². The summed E-state index contributed by atoms with van der Waals surface area (Å²) in [6.07, 6.45) is 5.02. The van der Waals surface area contributed by atoms with E-state index >= 15 is 0 Å². The topological polar surface area (TPSA) is 81.9 Å². The summed E-state index contributed by atoms with van der Waals surface area (Å²) in [7, 11) is 3.50. The monoisotopic (exact) mass is 373 g/mol. The average molecular weight is 373 g/mol. The first-order chi connectivity index (χ1) is 13.7. The van der Waals surface area contributed by atoms with Crippen molar-refractivity contribution in [1.29, 1.82) is 0 Å². The summed E-state index contributed by atoms with van der Waals surface area (Å²) < 4.78 is 7.20. The Labute approximate surface area is 162 Å². The first-order valence-corrected chi connectivity index (χ1v) is 8.79. The molecule has 1 amide bonds. The van der Waals surface area contributed by atoms with Gasteiger partial charge in [0, 0.05) is 19.4 Å². The molecule has 7 heteroatoms. The van der Waals surface area contributed by atoms with E-state index < -0.39 is 6.04 Å². The zero-order chi connectivity index (χ0) is 19.5. The molecule has 1 unspecified atom stereocenters. The predicted molar refractivity (Wildman–Crippen MR) is 105 cm³/mol. The second-order valence-corrected chi connectivity index (χ2v) is 6.32. The Morgan fingerprint density at radius 2 is 1.93 bits per heavy atom. The van der Waals surface area contributed by atoms with Crippen molar-refractivity contribution in [2.24, 2.45) is 7.05 Å². The number of aromatic nitrogens is 4. The van der Waals surface area contributed by atoms with Gasteiger partial charge in [-0.3, -0.25) is 9.78 Å².